The fourth-order valence-electron chi connectivity index (χ4n) is 3.37. The quantitative estimate of drug-likeness (QED) is 0.843. The van der Waals surface area contributed by atoms with Crippen molar-refractivity contribution >= 4 is 10.9 Å². The topological polar surface area (TPSA) is 29.9 Å². The Morgan fingerprint density at radius 1 is 1.33 bits per heavy atom. The summed E-state index contributed by atoms with van der Waals surface area (Å²) in [5.74, 6) is 1.67. The fraction of sp³-hybridized carbons (Fsp3) is 0.611. The van der Waals surface area contributed by atoms with E-state index in [0.29, 0.717) is 6.04 Å². The van der Waals surface area contributed by atoms with Crippen molar-refractivity contribution < 1.29 is 0 Å². The highest BCUT2D eigenvalue weighted by molar-refractivity contribution is 5.81. The van der Waals surface area contributed by atoms with E-state index in [1.54, 1.807) is 0 Å². The summed E-state index contributed by atoms with van der Waals surface area (Å²) in [7, 11) is 2.05. The van der Waals surface area contributed by atoms with E-state index in [4.69, 9.17) is 5.10 Å². The van der Waals surface area contributed by atoms with Crippen LogP contribution in [0.3, 0.4) is 0 Å². The Morgan fingerprint density at radius 2 is 2.10 bits per heavy atom. The summed E-state index contributed by atoms with van der Waals surface area (Å²) in [6, 6.07) is 9.12. The predicted octanol–water partition coefficient (Wildman–Crippen LogP) is 3.53. The van der Waals surface area contributed by atoms with Gasteiger partial charge in [0.05, 0.1) is 11.2 Å². The SMILES string of the molecule is CCCNC(Cc1nn(C)c2ccccc12)C(C)C1CC1. The Hall–Kier alpha value is -1.35. The van der Waals surface area contributed by atoms with Gasteiger partial charge in [-0.15, -0.1) is 0 Å². The zero-order valence-electron chi connectivity index (χ0n) is 13.5. The average Bonchev–Trinajstić information content (AvgIpc) is 3.30. The van der Waals surface area contributed by atoms with Gasteiger partial charge in [-0.05, 0) is 43.7 Å². The molecule has 3 heteroatoms. The molecule has 1 aromatic heterocycles. The number of fused-ring (bicyclic) bond motifs is 1. The molecule has 2 aromatic rings. The largest absolute Gasteiger partial charge is 0.313 e. The first-order valence-electron chi connectivity index (χ1n) is 8.34. The van der Waals surface area contributed by atoms with Crippen molar-refractivity contribution in [3.63, 3.8) is 0 Å². The summed E-state index contributed by atoms with van der Waals surface area (Å²) < 4.78 is 2.02. The van der Waals surface area contributed by atoms with Gasteiger partial charge >= 0.3 is 0 Å². The molecule has 2 atom stereocenters. The van der Waals surface area contributed by atoms with Crippen LogP contribution in [-0.4, -0.2) is 22.4 Å². The summed E-state index contributed by atoms with van der Waals surface area (Å²) in [4.78, 5) is 0. The second kappa shape index (κ2) is 6.18. The van der Waals surface area contributed by atoms with Crippen LogP contribution in [-0.2, 0) is 13.5 Å². The molecule has 1 N–H and O–H groups in total. The average molecular weight is 285 g/mol. The molecule has 0 saturated heterocycles. The van der Waals surface area contributed by atoms with E-state index in [2.05, 4.69) is 43.4 Å². The van der Waals surface area contributed by atoms with Gasteiger partial charge in [0.15, 0.2) is 0 Å². The number of hydrogen-bond donors (Lipinski definition) is 1. The van der Waals surface area contributed by atoms with Gasteiger partial charge in [0, 0.05) is 24.9 Å². The van der Waals surface area contributed by atoms with E-state index < -0.39 is 0 Å². The molecular weight excluding hydrogens is 258 g/mol. The van der Waals surface area contributed by atoms with Crippen LogP contribution in [0.25, 0.3) is 10.9 Å². The molecule has 1 aliphatic carbocycles. The van der Waals surface area contributed by atoms with Gasteiger partial charge in [0.2, 0.25) is 0 Å². The van der Waals surface area contributed by atoms with Gasteiger partial charge < -0.3 is 5.32 Å². The highest BCUT2D eigenvalue weighted by Crippen LogP contribution is 2.39. The number of aromatic nitrogens is 2. The van der Waals surface area contributed by atoms with Gasteiger partial charge in [-0.2, -0.15) is 5.10 Å². The molecule has 2 unspecified atom stereocenters. The summed E-state index contributed by atoms with van der Waals surface area (Å²) >= 11 is 0. The van der Waals surface area contributed by atoms with Crippen molar-refractivity contribution in [3.05, 3.63) is 30.0 Å². The smallest absolute Gasteiger partial charge is 0.0718 e. The highest BCUT2D eigenvalue weighted by atomic mass is 15.3. The monoisotopic (exact) mass is 285 g/mol. The molecular formula is C18H27N3. The molecule has 0 amide bonds. The number of hydrogen-bond acceptors (Lipinski definition) is 2. The molecule has 1 heterocycles. The minimum Gasteiger partial charge on any atom is -0.313 e. The molecule has 1 fully saturated rings. The van der Waals surface area contributed by atoms with Crippen molar-refractivity contribution in [2.75, 3.05) is 6.54 Å². The van der Waals surface area contributed by atoms with Crippen LogP contribution < -0.4 is 5.32 Å². The zero-order chi connectivity index (χ0) is 14.8. The van der Waals surface area contributed by atoms with Gasteiger partial charge in [-0.1, -0.05) is 32.0 Å². The van der Waals surface area contributed by atoms with Crippen molar-refractivity contribution in [1.29, 1.82) is 0 Å². The maximum absolute atomic E-state index is 4.78. The van der Waals surface area contributed by atoms with Crippen LogP contribution in [0.2, 0.25) is 0 Å². The van der Waals surface area contributed by atoms with Crippen LogP contribution in [0.4, 0.5) is 0 Å². The lowest BCUT2D eigenvalue weighted by Gasteiger charge is -2.24. The van der Waals surface area contributed by atoms with Crippen LogP contribution in [0.15, 0.2) is 24.3 Å². The minimum absolute atomic E-state index is 0.552. The van der Waals surface area contributed by atoms with Crippen molar-refractivity contribution in [2.24, 2.45) is 18.9 Å². The molecule has 21 heavy (non-hydrogen) atoms. The van der Waals surface area contributed by atoms with E-state index in [1.807, 2.05) is 11.7 Å². The second-order valence-electron chi connectivity index (χ2n) is 6.55. The van der Waals surface area contributed by atoms with Crippen LogP contribution in [0.1, 0.15) is 38.8 Å². The summed E-state index contributed by atoms with van der Waals surface area (Å²) in [5, 5.41) is 9.85. The Morgan fingerprint density at radius 3 is 2.81 bits per heavy atom. The van der Waals surface area contributed by atoms with Gasteiger partial charge in [-0.3, -0.25) is 4.68 Å². The summed E-state index contributed by atoms with van der Waals surface area (Å²) in [6.45, 7) is 5.75. The van der Waals surface area contributed by atoms with E-state index in [0.717, 1.165) is 24.8 Å². The first-order chi connectivity index (χ1) is 10.2. The zero-order valence-corrected chi connectivity index (χ0v) is 13.5. The second-order valence-corrected chi connectivity index (χ2v) is 6.55. The third-order valence-corrected chi connectivity index (χ3v) is 4.90. The molecule has 0 radical (unpaired) electrons. The normalized spacial score (nSPS) is 18.0. The number of nitrogens with one attached hydrogen (secondary N) is 1. The summed E-state index contributed by atoms with van der Waals surface area (Å²) in [6.07, 6.45) is 5.05. The molecule has 3 rings (SSSR count). The Balaban J connectivity index is 1.82. The van der Waals surface area contributed by atoms with Gasteiger partial charge in [0.25, 0.3) is 0 Å². The third-order valence-electron chi connectivity index (χ3n) is 4.90. The van der Waals surface area contributed by atoms with Crippen LogP contribution >= 0.6 is 0 Å². The molecule has 3 nitrogen and oxygen atoms in total. The van der Waals surface area contributed by atoms with Crippen molar-refractivity contribution in [3.8, 4) is 0 Å². The highest BCUT2D eigenvalue weighted by Gasteiger charge is 2.33. The lowest BCUT2D eigenvalue weighted by Crippen LogP contribution is -2.38. The maximum atomic E-state index is 4.78. The molecule has 1 aliphatic rings. The third kappa shape index (κ3) is 3.13. The van der Waals surface area contributed by atoms with Crippen molar-refractivity contribution in [1.82, 2.24) is 15.1 Å². The van der Waals surface area contributed by atoms with Crippen LogP contribution in [0, 0.1) is 11.8 Å². The number of rotatable bonds is 7. The minimum atomic E-state index is 0.552. The molecule has 1 aromatic carbocycles. The van der Waals surface area contributed by atoms with Gasteiger partial charge in [-0.25, -0.2) is 0 Å². The number of nitrogens with zero attached hydrogens (tertiary/aromatic N) is 2. The first kappa shape index (κ1) is 14.6. The van der Waals surface area contributed by atoms with E-state index >= 15 is 0 Å². The molecule has 0 bridgehead atoms. The fourth-order valence-corrected chi connectivity index (χ4v) is 3.37. The lowest BCUT2D eigenvalue weighted by atomic mass is 9.92. The Kier molecular flexibility index (Phi) is 4.29. The van der Waals surface area contributed by atoms with E-state index in [-0.39, 0.29) is 0 Å². The number of para-hydroxylation sites is 1. The van der Waals surface area contributed by atoms with E-state index in [9.17, 15) is 0 Å². The maximum Gasteiger partial charge on any atom is 0.0718 e. The number of benzene rings is 1. The lowest BCUT2D eigenvalue weighted by molar-refractivity contribution is 0.337. The molecule has 1 saturated carbocycles. The van der Waals surface area contributed by atoms with E-state index in [1.165, 1.54) is 35.9 Å². The first-order valence-corrected chi connectivity index (χ1v) is 8.34. The Labute approximate surface area is 127 Å². The Bertz CT molecular complexity index is 598. The van der Waals surface area contributed by atoms with Crippen molar-refractivity contribution in [2.45, 2.75) is 45.6 Å². The van der Waals surface area contributed by atoms with Gasteiger partial charge in [0.1, 0.15) is 0 Å². The number of aryl methyl sites for hydroxylation is 1. The molecule has 114 valence electrons. The summed E-state index contributed by atoms with van der Waals surface area (Å²) in [5.41, 5.74) is 2.48. The molecule has 0 spiro atoms. The standard InChI is InChI=1S/C18H27N3/c1-4-11-19-16(13(2)14-9-10-14)12-17-15-7-5-6-8-18(15)21(3)20-17/h5-8,13-14,16,19H,4,9-12H2,1-3H3. The molecule has 0 aliphatic heterocycles. The van der Waals surface area contributed by atoms with Crippen LogP contribution in [0.5, 0.6) is 0 Å². The predicted molar refractivity (Wildman–Crippen MR) is 88.4 cm³/mol.